The van der Waals surface area contributed by atoms with Crippen LogP contribution in [-0.4, -0.2) is 55.0 Å². The van der Waals surface area contributed by atoms with Crippen LogP contribution in [0.1, 0.15) is 16.7 Å². The zero-order chi connectivity index (χ0) is 29.9. The van der Waals surface area contributed by atoms with E-state index in [1.54, 1.807) is 18.2 Å². The van der Waals surface area contributed by atoms with E-state index in [9.17, 15) is 15.3 Å². The summed E-state index contributed by atoms with van der Waals surface area (Å²) in [6.45, 7) is 12.1. The van der Waals surface area contributed by atoms with Gasteiger partial charge in [0.1, 0.15) is 37.1 Å². The first kappa shape index (κ1) is 30.3. The smallest absolute Gasteiger partial charge is 0.120 e. The number of rotatable bonds is 15. The lowest BCUT2D eigenvalue weighted by Gasteiger charge is -2.16. The molecule has 42 heavy (non-hydrogen) atoms. The number of ether oxygens (including phenoxy) is 3. The monoisotopic (exact) mass is 564 g/mol. The van der Waals surface area contributed by atoms with E-state index in [0.717, 1.165) is 50.1 Å². The van der Waals surface area contributed by atoms with Crippen molar-refractivity contribution in [2.75, 3.05) is 39.6 Å². The van der Waals surface area contributed by atoms with Crippen molar-refractivity contribution in [3.8, 4) is 50.6 Å². The molecule has 0 heterocycles. The van der Waals surface area contributed by atoms with Gasteiger partial charge >= 0.3 is 0 Å². The van der Waals surface area contributed by atoms with Gasteiger partial charge in [-0.3, -0.25) is 0 Å². The van der Waals surface area contributed by atoms with Crippen molar-refractivity contribution < 1.29 is 29.5 Å². The summed E-state index contributed by atoms with van der Waals surface area (Å²) in [5, 5.41) is 27.9. The molecular formula is C36H36O6. The van der Waals surface area contributed by atoms with Crippen LogP contribution in [0.3, 0.4) is 0 Å². The van der Waals surface area contributed by atoms with Gasteiger partial charge in [0.15, 0.2) is 0 Å². The number of aliphatic hydroxyl groups excluding tert-OH is 3. The molecule has 0 amide bonds. The van der Waals surface area contributed by atoms with E-state index < -0.39 is 0 Å². The van der Waals surface area contributed by atoms with E-state index in [1.807, 2.05) is 54.6 Å². The van der Waals surface area contributed by atoms with E-state index in [-0.39, 0.29) is 39.6 Å². The third kappa shape index (κ3) is 7.77. The van der Waals surface area contributed by atoms with Crippen LogP contribution in [0.15, 0.2) is 92.5 Å². The Kier molecular flexibility index (Phi) is 10.7. The summed E-state index contributed by atoms with van der Waals surface area (Å²) in [7, 11) is 0. The van der Waals surface area contributed by atoms with Gasteiger partial charge in [-0.05, 0) is 123 Å². The van der Waals surface area contributed by atoms with Gasteiger partial charge in [0.25, 0.3) is 0 Å². The Morgan fingerprint density at radius 3 is 0.905 bits per heavy atom. The average Bonchev–Trinajstić information content (AvgIpc) is 3.04. The minimum absolute atomic E-state index is 0.0893. The summed E-state index contributed by atoms with van der Waals surface area (Å²) in [6.07, 6.45) is 5.28. The Hall–Kier alpha value is -4.62. The summed E-state index contributed by atoms with van der Waals surface area (Å²) >= 11 is 0. The SMILES string of the molecule is C=Cc1cc(OCCO)cc(-c2cc(-c3cc(C=C)cc(OCCO)c3)cc(-c3cc(C=C)cc(OCCO)c3)c2)c1. The Bertz CT molecular complexity index is 1360. The zero-order valence-corrected chi connectivity index (χ0v) is 23.6. The molecule has 0 saturated carbocycles. The van der Waals surface area contributed by atoms with Crippen LogP contribution in [0, 0.1) is 0 Å². The fourth-order valence-corrected chi connectivity index (χ4v) is 4.59. The van der Waals surface area contributed by atoms with Crippen molar-refractivity contribution in [3.63, 3.8) is 0 Å². The standard InChI is InChI=1S/C36H36O6/c1-4-25-13-28(22-34(16-25)40-10-7-37)31-19-32(29-14-26(5-2)17-35(23-29)41-11-8-38)21-33(20-31)30-15-27(6-3)18-36(24-30)42-12-9-39/h4-6,13-24,37-39H,1-3,7-12H2. The lowest BCUT2D eigenvalue weighted by molar-refractivity contribution is 0.201. The molecule has 0 spiro atoms. The first-order valence-corrected chi connectivity index (χ1v) is 13.7. The van der Waals surface area contributed by atoms with E-state index in [4.69, 9.17) is 14.2 Å². The van der Waals surface area contributed by atoms with Crippen LogP contribution in [0.4, 0.5) is 0 Å². The second-order valence-electron chi connectivity index (χ2n) is 9.50. The van der Waals surface area contributed by atoms with Gasteiger partial charge in [0.2, 0.25) is 0 Å². The minimum atomic E-state index is -0.0893. The van der Waals surface area contributed by atoms with Crippen molar-refractivity contribution in [1.82, 2.24) is 0 Å². The van der Waals surface area contributed by atoms with Crippen LogP contribution >= 0.6 is 0 Å². The summed E-state index contributed by atoms with van der Waals surface area (Å²) in [5.41, 5.74) is 8.19. The van der Waals surface area contributed by atoms with Crippen molar-refractivity contribution in [2.45, 2.75) is 0 Å². The second kappa shape index (κ2) is 14.8. The van der Waals surface area contributed by atoms with E-state index in [0.29, 0.717) is 17.2 Å². The van der Waals surface area contributed by atoms with Gasteiger partial charge in [-0.25, -0.2) is 0 Å². The van der Waals surface area contributed by atoms with E-state index in [2.05, 4.69) is 37.9 Å². The molecule has 0 saturated heterocycles. The Morgan fingerprint density at radius 1 is 0.405 bits per heavy atom. The normalized spacial score (nSPS) is 10.6. The van der Waals surface area contributed by atoms with E-state index in [1.165, 1.54) is 0 Å². The van der Waals surface area contributed by atoms with Gasteiger partial charge in [-0.15, -0.1) is 0 Å². The molecule has 4 aromatic carbocycles. The summed E-state index contributed by atoms with van der Waals surface area (Å²) in [4.78, 5) is 0. The molecule has 3 N–H and O–H groups in total. The highest BCUT2D eigenvalue weighted by molar-refractivity contribution is 5.84. The zero-order valence-electron chi connectivity index (χ0n) is 23.6. The maximum Gasteiger partial charge on any atom is 0.120 e. The molecule has 6 nitrogen and oxygen atoms in total. The summed E-state index contributed by atoms with van der Waals surface area (Å²) < 4.78 is 17.3. The minimum Gasteiger partial charge on any atom is -0.491 e. The van der Waals surface area contributed by atoms with Gasteiger partial charge in [-0.2, -0.15) is 0 Å². The largest absolute Gasteiger partial charge is 0.491 e. The average molecular weight is 565 g/mol. The molecule has 216 valence electrons. The van der Waals surface area contributed by atoms with Crippen LogP contribution in [0.5, 0.6) is 17.2 Å². The lowest BCUT2D eigenvalue weighted by atomic mass is 9.91. The van der Waals surface area contributed by atoms with Gasteiger partial charge < -0.3 is 29.5 Å². The van der Waals surface area contributed by atoms with Gasteiger partial charge in [0.05, 0.1) is 19.8 Å². The molecule has 0 radical (unpaired) electrons. The van der Waals surface area contributed by atoms with Crippen molar-refractivity contribution >= 4 is 18.2 Å². The van der Waals surface area contributed by atoms with E-state index >= 15 is 0 Å². The van der Waals surface area contributed by atoms with Crippen LogP contribution in [-0.2, 0) is 0 Å². The second-order valence-corrected chi connectivity index (χ2v) is 9.50. The number of hydrogen-bond acceptors (Lipinski definition) is 6. The molecule has 0 aliphatic rings. The molecular weight excluding hydrogens is 528 g/mol. The third-order valence-electron chi connectivity index (χ3n) is 6.51. The fraction of sp³-hybridized carbons (Fsp3) is 0.167. The van der Waals surface area contributed by atoms with Gasteiger partial charge in [-0.1, -0.05) is 38.0 Å². The molecule has 0 atom stereocenters. The summed E-state index contributed by atoms with van der Waals surface area (Å²) in [5.74, 6) is 1.89. The number of benzene rings is 4. The molecule has 0 aliphatic carbocycles. The molecule has 4 aromatic rings. The Labute approximate surface area is 247 Å². The molecule has 0 fully saturated rings. The fourth-order valence-electron chi connectivity index (χ4n) is 4.59. The quantitative estimate of drug-likeness (QED) is 0.148. The highest BCUT2D eigenvalue weighted by Crippen LogP contribution is 2.37. The Balaban J connectivity index is 1.95. The maximum absolute atomic E-state index is 9.30. The van der Waals surface area contributed by atoms with Gasteiger partial charge in [0, 0.05) is 0 Å². The highest BCUT2D eigenvalue weighted by atomic mass is 16.5. The highest BCUT2D eigenvalue weighted by Gasteiger charge is 2.13. The van der Waals surface area contributed by atoms with Crippen LogP contribution < -0.4 is 14.2 Å². The lowest BCUT2D eigenvalue weighted by Crippen LogP contribution is -2.02. The number of aliphatic hydroxyl groups is 3. The Morgan fingerprint density at radius 2 is 0.667 bits per heavy atom. The summed E-state index contributed by atoms with van der Waals surface area (Å²) in [6, 6.07) is 23.9. The maximum atomic E-state index is 9.30. The van der Waals surface area contributed by atoms with Crippen LogP contribution in [0.2, 0.25) is 0 Å². The molecule has 0 bridgehead atoms. The topological polar surface area (TPSA) is 88.4 Å². The molecule has 6 heteroatoms. The van der Waals surface area contributed by atoms with Crippen LogP contribution in [0.25, 0.3) is 51.6 Å². The first-order chi connectivity index (χ1) is 20.5. The molecule has 0 aliphatic heterocycles. The van der Waals surface area contributed by atoms with Crippen molar-refractivity contribution in [2.24, 2.45) is 0 Å². The van der Waals surface area contributed by atoms with Crippen molar-refractivity contribution in [3.05, 3.63) is 109 Å². The molecule has 0 aromatic heterocycles. The predicted molar refractivity (Wildman–Crippen MR) is 171 cm³/mol. The first-order valence-electron chi connectivity index (χ1n) is 13.7. The molecule has 0 unspecified atom stereocenters. The third-order valence-corrected chi connectivity index (χ3v) is 6.51. The van der Waals surface area contributed by atoms with Crippen molar-refractivity contribution in [1.29, 1.82) is 0 Å². The number of hydrogen-bond donors (Lipinski definition) is 3. The molecule has 4 rings (SSSR count). The predicted octanol–water partition coefficient (Wildman–Crippen LogP) is 6.73.